The van der Waals surface area contributed by atoms with Gasteiger partial charge in [0.05, 0.1) is 0 Å². The Morgan fingerprint density at radius 1 is 1.40 bits per heavy atom. The number of hydrogen-bond donors (Lipinski definition) is 1. The van der Waals surface area contributed by atoms with Gasteiger partial charge in [0.15, 0.2) is 0 Å². The summed E-state index contributed by atoms with van der Waals surface area (Å²) in [5.74, 6) is 0.926. The summed E-state index contributed by atoms with van der Waals surface area (Å²) < 4.78 is 0. The molecule has 1 aliphatic rings. The van der Waals surface area contributed by atoms with Gasteiger partial charge in [0.1, 0.15) is 0 Å². The van der Waals surface area contributed by atoms with E-state index in [1.807, 2.05) is 11.9 Å². The highest BCUT2D eigenvalue weighted by Gasteiger charge is 2.17. The van der Waals surface area contributed by atoms with E-state index in [-0.39, 0.29) is 0 Å². The lowest BCUT2D eigenvalue weighted by Crippen LogP contribution is -2.29. The van der Waals surface area contributed by atoms with E-state index in [1.54, 1.807) is 0 Å². The molecular weight excluding hydrogens is 188 g/mol. The SMILES string of the molecule is CCCN(C)C(=O)CC1CCCNCC1. The van der Waals surface area contributed by atoms with Gasteiger partial charge in [-0.1, -0.05) is 6.92 Å². The fourth-order valence-electron chi connectivity index (χ4n) is 2.16. The third kappa shape index (κ3) is 4.65. The van der Waals surface area contributed by atoms with Gasteiger partial charge < -0.3 is 10.2 Å². The monoisotopic (exact) mass is 212 g/mol. The van der Waals surface area contributed by atoms with E-state index < -0.39 is 0 Å². The summed E-state index contributed by atoms with van der Waals surface area (Å²) in [7, 11) is 1.92. The maximum atomic E-state index is 11.8. The molecule has 15 heavy (non-hydrogen) atoms. The molecule has 1 heterocycles. The second-order valence-electron chi connectivity index (χ2n) is 4.57. The molecule has 0 saturated carbocycles. The minimum absolute atomic E-state index is 0.323. The highest BCUT2D eigenvalue weighted by Crippen LogP contribution is 2.18. The first kappa shape index (κ1) is 12.5. The van der Waals surface area contributed by atoms with Gasteiger partial charge in [-0.15, -0.1) is 0 Å². The van der Waals surface area contributed by atoms with Crippen molar-refractivity contribution in [3.63, 3.8) is 0 Å². The number of nitrogens with one attached hydrogen (secondary N) is 1. The molecule has 1 N–H and O–H groups in total. The van der Waals surface area contributed by atoms with E-state index >= 15 is 0 Å². The third-order valence-corrected chi connectivity index (χ3v) is 3.14. The molecule has 0 radical (unpaired) electrons. The van der Waals surface area contributed by atoms with Crippen molar-refractivity contribution in [1.82, 2.24) is 10.2 Å². The maximum Gasteiger partial charge on any atom is 0.222 e. The van der Waals surface area contributed by atoms with Crippen molar-refractivity contribution >= 4 is 5.91 Å². The van der Waals surface area contributed by atoms with E-state index in [9.17, 15) is 4.79 Å². The summed E-state index contributed by atoms with van der Waals surface area (Å²) in [6.07, 6.45) is 5.38. The van der Waals surface area contributed by atoms with Crippen molar-refractivity contribution < 1.29 is 4.79 Å². The molecule has 3 heteroatoms. The van der Waals surface area contributed by atoms with Crippen LogP contribution in [0.25, 0.3) is 0 Å². The molecule has 1 unspecified atom stereocenters. The summed E-state index contributed by atoms with van der Waals surface area (Å²) in [5, 5.41) is 3.38. The predicted octanol–water partition coefficient (Wildman–Crippen LogP) is 1.63. The van der Waals surface area contributed by atoms with Crippen LogP contribution >= 0.6 is 0 Å². The van der Waals surface area contributed by atoms with Crippen LogP contribution in [0.3, 0.4) is 0 Å². The van der Waals surface area contributed by atoms with Crippen LogP contribution in [-0.4, -0.2) is 37.5 Å². The number of hydrogen-bond acceptors (Lipinski definition) is 2. The summed E-state index contributed by atoms with van der Waals surface area (Å²) in [5.41, 5.74) is 0. The van der Waals surface area contributed by atoms with E-state index in [0.717, 1.165) is 38.9 Å². The van der Waals surface area contributed by atoms with Crippen molar-refractivity contribution in [2.75, 3.05) is 26.7 Å². The lowest BCUT2D eigenvalue weighted by Gasteiger charge is -2.19. The fourth-order valence-corrected chi connectivity index (χ4v) is 2.16. The summed E-state index contributed by atoms with van der Waals surface area (Å²) >= 11 is 0. The fraction of sp³-hybridized carbons (Fsp3) is 0.917. The molecule has 88 valence electrons. The summed E-state index contributed by atoms with van der Waals surface area (Å²) in [4.78, 5) is 13.7. The quantitative estimate of drug-likeness (QED) is 0.768. The Balaban J connectivity index is 2.28. The maximum absolute atomic E-state index is 11.8. The van der Waals surface area contributed by atoms with Crippen LogP contribution in [-0.2, 0) is 4.79 Å². The number of amides is 1. The van der Waals surface area contributed by atoms with E-state index in [4.69, 9.17) is 0 Å². The zero-order chi connectivity index (χ0) is 11.1. The molecule has 1 saturated heterocycles. The van der Waals surface area contributed by atoms with Crippen molar-refractivity contribution in [1.29, 1.82) is 0 Å². The second kappa shape index (κ2) is 6.83. The Kier molecular flexibility index (Phi) is 5.69. The molecule has 0 aromatic carbocycles. The highest BCUT2D eigenvalue weighted by molar-refractivity contribution is 5.76. The van der Waals surface area contributed by atoms with Crippen molar-refractivity contribution in [2.45, 2.75) is 39.0 Å². The number of nitrogens with zero attached hydrogens (tertiary/aromatic N) is 1. The standard InChI is InChI=1S/C12H24N2O/c1-3-9-14(2)12(15)10-11-5-4-7-13-8-6-11/h11,13H,3-10H2,1-2H3. The minimum Gasteiger partial charge on any atom is -0.346 e. The lowest BCUT2D eigenvalue weighted by molar-refractivity contribution is -0.131. The first-order valence-corrected chi connectivity index (χ1v) is 6.18. The van der Waals surface area contributed by atoms with Crippen LogP contribution in [0.4, 0.5) is 0 Å². The average molecular weight is 212 g/mol. The van der Waals surface area contributed by atoms with Gasteiger partial charge in [-0.2, -0.15) is 0 Å². The first-order valence-electron chi connectivity index (χ1n) is 6.18. The van der Waals surface area contributed by atoms with E-state index in [2.05, 4.69) is 12.2 Å². The molecule has 0 spiro atoms. The molecule has 0 aliphatic carbocycles. The third-order valence-electron chi connectivity index (χ3n) is 3.14. The zero-order valence-corrected chi connectivity index (χ0v) is 10.1. The van der Waals surface area contributed by atoms with Crippen LogP contribution in [0.15, 0.2) is 0 Å². The Morgan fingerprint density at radius 2 is 2.20 bits per heavy atom. The Labute approximate surface area is 93.2 Å². The van der Waals surface area contributed by atoms with Gasteiger partial charge in [-0.05, 0) is 44.7 Å². The minimum atomic E-state index is 0.323. The Hall–Kier alpha value is -0.570. The normalized spacial score (nSPS) is 22.1. The lowest BCUT2D eigenvalue weighted by atomic mass is 9.96. The molecule has 1 amide bonds. The highest BCUT2D eigenvalue weighted by atomic mass is 16.2. The van der Waals surface area contributed by atoms with Crippen LogP contribution < -0.4 is 5.32 Å². The molecule has 3 nitrogen and oxygen atoms in total. The van der Waals surface area contributed by atoms with E-state index in [0.29, 0.717) is 11.8 Å². The number of carbonyl (C=O) groups excluding carboxylic acids is 1. The van der Waals surface area contributed by atoms with Gasteiger partial charge in [0.2, 0.25) is 5.91 Å². The molecule has 1 atom stereocenters. The van der Waals surface area contributed by atoms with Crippen LogP contribution in [0.1, 0.15) is 39.0 Å². The summed E-state index contributed by atoms with van der Waals surface area (Å²) in [6.45, 7) is 5.20. The molecule has 1 fully saturated rings. The Morgan fingerprint density at radius 3 is 2.93 bits per heavy atom. The first-order chi connectivity index (χ1) is 7.24. The van der Waals surface area contributed by atoms with Crippen LogP contribution in [0, 0.1) is 5.92 Å². The number of carbonyl (C=O) groups is 1. The second-order valence-corrected chi connectivity index (χ2v) is 4.57. The van der Waals surface area contributed by atoms with Crippen molar-refractivity contribution in [3.8, 4) is 0 Å². The molecule has 0 aromatic rings. The molecule has 0 bridgehead atoms. The van der Waals surface area contributed by atoms with Gasteiger partial charge in [-0.25, -0.2) is 0 Å². The van der Waals surface area contributed by atoms with Crippen molar-refractivity contribution in [3.05, 3.63) is 0 Å². The van der Waals surface area contributed by atoms with Crippen LogP contribution in [0.2, 0.25) is 0 Å². The van der Waals surface area contributed by atoms with E-state index in [1.165, 1.54) is 12.8 Å². The molecule has 1 aliphatic heterocycles. The largest absolute Gasteiger partial charge is 0.346 e. The molecular formula is C12H24N2O. The molecule has 0 aromatic heterocycles. The van der Waals surface area contributed by atoms with Gasteiger partial charge in [0, 0.05) is 20.0 Å². The molecule has 1 rings (SSSR count). The zero-order valence-electron chi connectivity index (χ0n) is 10.1. The van der Waals surface area contributed by atoms with Crippen LogP contribution in [0.5, 0.6) is 0 Å². The summed E-state index contributed by atoms with van der Waals surface area (Å²) in [6, 6.07) is 0. The van der Waals surface area contributed by atoms with Gasteiger partial charge >= 0.3 is 0 Å². The Bertz CT molecular complexity index is 186. The predicted molar refractivity (Wildman–Crippen MR) is 62.8 cm³/mol. The topological polar surface area (TPSA) is 32.3 Å². The number of rotatable bonds is 4. The van der Waals surface area contributed by atoms with Gasteiger partial charge in [0.25, 0.3) is 0 Å². The average Bonchev–Trinajstić information content (AvgIpc) is 2.46. The van der Waals surface area contributed by atoms with Crippen molar-refractivity contribution in [2.24, 2.45) is 5.92 Å². The van der Waals surface area contributed by atoms with Gasteiger partial charge in [-0.3, -0.25) is 4.79 Å². The smallest absolute Gasteiger partial charge is 0.222 e.